The molecule has 1 N–H and O–H groups in total. The van der Waals surface area contributed by atoms with Crippen molar-refractivity contribution in [1.82, 2.24) is 20.1 Å². The number of hydrogen-bond acceptors (Lipinski definition) is 5. The molecule has 6 nitrogen and oxygen atoms in total. The molecule has 1 heterocycles. The number of benzene rings is 2. The van der Waals surface area contributed by atoms with E-state index in [0.717, 1.165) is 5.69 Å². The fraction of sp³-hybridized carbons (Fsp3) is 0.385. The highest BCUT2D eigenvalue weighted by Crippen LogP contribution is 2.33. The summed E-state index contributed by atoms with van der Waals surface area (Å²) in [6, 6.07) is 15.6. The number of carbonyl (C=O) groups is 2. The Balaban J connectivity index is 1.46. The lowest BCUT2D eigenvalue weighted by molar-refractivity contribution is -0.118. The molecule has 1 fully saturated rings. The maximum atomic E-state index is 12.9. The standard InChI is InChI=1S/C26H29ClN4O2S/c1-18(32)28-15-14-25-29-30-26(31(25)23-9-5-8-22(27)16-23)34-17-24(33)21-12-10-20(11-13-21)19-6-3-2-4-7-19/h5,8-13,16,19H,2-4,6-7,14-15,17H2,1H3,(H,28,32). The van der Waals surface area contributed by atoms with Gasteiger partial charge >= 0.3 is 0 Å². The molecule has 0 spiro atoms. The van der Waals surface area contributed by atoms with Gasteiger partial charge in [-0.15, -0.1) is 10.2 Å². The van der Waals surface area contributed by atoms with Crippen LogP contribution in [0.2, 0.25) is 5.02 Å². The van der Waals surface area contributed by atoms with Gasteiger partial charge in [0.1, 0.15) is 5.82 Å². The lowest BCUT2D eigenvalue weighted by Gasteiger charge is -2.22. The maximum Gasteiger partial charge on any atom is 0.216 e. The molecule has 0 bridgehead atoms. The molecule has 2 aromatic carbocycles. The maximum absolute atomic E-state index is 12.9. The number of nitrogens with zero attached hydrogens (tertiary/aromatic N) is 3. The Kier molecular flexibility index (Phi) is 8.40. The number of ketones is 1. The van der Waals surface area contributed by atoms with E-state index in [-0.39, 0.29) is 17.4 Å². The minimum Gasteiger partial charge on any atom is -0.356 e. The molecule has 4 rings (SSSR count). The van der Waals surface area contributed by atoms with E-state index in [1.54, 1.807) is 6.07 Å². The fourth-order valence-electron chi connectivity index (χ4n) is 4.37. The second kappa shape index (κ2) is 11.7. The normalized spacial score (nSPS) is 14.2. The summed E-state index contributed by atoms with van der Waals surface area (Å²) in [6.45, 7) is 1.93. The van der Waals surface area contributed by atoms with Gasteiger partial charge in [-0.25, -0.2) is 0 Å². The molecule has 0 saturated heterocycles. The van der Waals surface area contributed by atoms with Crippen molar-refractivity contribution >= 4 is 35.1 Å². The summed E-state index contributed by atoms with van der Waals surface area (Å²) in [7, 11) is 0. The van der Waals surface area contributed by atoms with Crippen molar-refractivity contribution in [3.8, 4) is 5.69 Å². The molecule has 0 aliphatic heterocycles. The number of aromatic nitrogens is 3. The molecule has 178 valence electrons. The van der Waals surface area contributed by atoms with Crippen molar-refractivity contribution < 1.29 is 9.59 Å². The molecule has 3 aromatic rings. The van der Waals surface area contributed by atoms with Crippen molar-refractivity contribution in [3.05, 3.63) is 70.5 Å². The first-order valence-corrected chi connectivity index (χ1v) is 13.1. The molecule has 1 saturated carbocycles. The first-order valence-electron chi connectivity index (χ1n) is 11.7. The van der Waals surface area contributed by atoms with Crippen molar-refractivity contribution in [3.63, 3.8) is 0 Å². The Morgan fingerprint density at radius 3 is 2.56 bits per heavy atom. The molecule has 1 amide bonds. The van der Waals surface area contributed by atoms with Crippen LogP contribution in [0.3, 0.4) is 0 Å². The average Bonchev–Trinajstić information content (AvgIpc) is 3.25. The van der Waals surface area contributed by atoms with E-state index in [1.165, 1.54) is 56.4 Å². The van der Waals surface area contributed by atoms with Crippen LogP contribution in [0.1, 0.15) is 66.7 Å². The summed E-state index contributed by atoms with van der Waals surface area (Å²) in [5.41, 5.74) is 2.88. The quantitative estimate of drug-likeness (QED) is 0.307. The highest BCUT2D eigenvalue weighted by Gasteiger charge is 2.18. The van der Waals surface area contributed by atoms with Crippen LogP contribution in [0.25, 0.3) is 5.69 Å². The van der Waals surface area contributed by atoms with Crippen molar-refractivity contribution in [1.29, 1.82) is 0 Å². The van der Waals surface area contributed by atoms with Gasteiger partial charge in [0.15, 0.2) is 10.9 Å². The summed E-state index contributed by atoms with van der Waals surface area (Å²) in [5, 5.41) is 12.7. The lowest BCUT2D eigenvalue weighted by atomic mass is 9.84. The predicted octanol–water partition coefficient (Wildman–Crippen LogP) is 5.62. The van der Waals surface area contributed by atoms with Crippen LogP contribution in [0, 0.1) is 0 Å². The second-order valence-corrected chi connectivity index (χ2v) is 9.99. The summed E-state index contributed by atoms with van der Waals surface area (Å²) in [5.74, 6) is 1.54. The van der Waals surface area contributed by atoms with Crippen LogP contribution in [-0.4, -0.2) is 38.8 Å². The average molecular weight is 497 g/mol. The number of Topliss-reactive ketones (excluding diaryl/α,β-unsaturated/α-hetero) is 1. The number of carbonyl (C=O) groups excluding carboxylic acids is 2. The van der Waals surface area contributed by atoms with Gasteiger partial charge in [-0.2, -0.15) is 0 Å². The largest absolute Gasteiger partial charge is 0.356 e. The summed E-state index contributed by atoms with van der Waals surface area (Å²) >= 11 is 7.57. The van der Waals surface area contributed by atoms with E-state index in [2.05, 4.69) is 27.6 Å². The number of rotatable bonds is 9. The van der Waals surface area contributed by atoms with E-state index in [1.807, 2.05) is 34.9 Å². The first-order chi connectivity index (χ1) is 16.5. The van der Waals surface area contributed by atoms with Crippen molar-refractivity contribution in [2.75, 3.05) is 12.3 Å². The molecule has 34 heavy (non-hydrogen) atoms. The second-order valence-electron chi connectivity index (χ2n) is 8.62. The number of amides is 1. The highest BCUT2D eigenvalue weighted by atomic mass is 35.5. The molecular formula is C26H29ClN4O2S. The Morgan fingerprint density at radius 2 is 1.85 bits per heavy atom. The Morgan fingerprint density at radius 1 is 1.09 bits per heavy atom. The first kappa shape index (κ1) is 24.5. The Labute approximate surface area is 209 Å². The van der Waals surface area contributed by atoms with E-state index < -0.39 is 0 Å². The van der Waals surface area contributed by atoms with Crippen LogP contribution >= 0.6 is 23.4 Å². The third kappa shape index (κ3) is 6.27. The number of hydrogen-bond donors (Lipinski definition) is 1. The smallest absolute Gasteiger partial charge is 0.216 e. The SMILES string of the molecule is CC(=O)NCCc1nnc(SCC(=O)c2ccc(C3CCCCC3)cc2)n1-c1cccc(Cl)c1. The van der Waals surface area contributed by atoms with Crippen molar-refractivity contribution in [2.24, 2.45) is 0 Å². The number of halogens is 1. The summed E-state index contributed by atoms with van der Waals surface area (Å²) in [6.07, 6.45) is 6.92. The van der Waals surface area contributed by atoms with Gasteiger partial charge in [-0.05, 0) is 42.5 Å². The predicted molar refractivity (Wildman–Crippen MR) is 136 cm³/mol. The van der Waals surface area contributed by atoms with Gasteiger partial charge in [0.25, 0.3) is 0 Å². The van der Waals surface area contributed by atoms with Gasteiger partial charge in [0, 0.05) is 30.5 Å². The van der Waals surface area contributed by atoms with Crippen LogP contribution in [0.5, 0.6) is 0 Å². The highest BCUT2D eigenvalue weighted by molar-refractivity contribution is 7.99. The summed E-state index contributed by atoms with van der Waals surface area (Å²) in [4.78, 5) is 24.2. The molecule has 0 unspecified atom stereocenters. The van der Waals surface area contributed by atoms with Gasteiger partial charge in [-0.1, -0.05) is 73.0 Å². The minimum absolute atomic E-state index is 0.0561. The van der Waals surface area contributed by atoms with Crippen LogP contribution in [0.15, 0.2) is 53.7 Å². The van der Waals surface area contributed by atoms with Gasteiger partial charge in [0.2, 0.25) is 5.91 Å². The number of thioether (sulfide) groups is 1. The molecular weight excluding hydrogens is 468 g/mol. The van der Waals surface area contributed by atoms with Crippen LogP contribution in [-0.2, 0) is 11.2 Å². The van der Waals surface area contributed by atoms with E-state index in [4.69, 9.17) is 11.6 Å². The Hall–Kier alpha value is -2.64. The zero-order valence-corrected chi connectivity index (χ0v) is 20.9. The van der Waals surface area contributed by atoms with Gasteiger partial charge < -0.3 is 5.32 Å². The van der Waals surface area contributed by atoms with Crippen LogP contribution < -0.4 is 5.32 Å². The topological polar surface area (TPSA) is 76.9 Å². The molecule has 0 radical (unpaired) electrons. The molecule has 0 atom stereocenters. The molecule has 1 aromatic heterocycles. The number of nitrogens with one attached hydrogen (secondary N) is 1. The zero-order valence-electron chi connectivity index (χ0n) is 19.3. The van der Waals surface area contributed by atoms with E-state index >= 15 is 0 Å². The molecule has 8 heteroatoms. The zero-order chi connectivity index (χ0) is 23.9. The lowest BCUT2D eigenvalue weighted by Crippen LogP contribution is -2.23. The van der Waals surface area contributed by atoms with Crippen molar-refractivity contribution in [2.45, 2.75) is 56.5 Å². The van der Waals surface area contributed by atoms with Gasteiger partial charge in [0.05, 0.1) is 11.4 Å². The molecule has 1 aliphatic carbocycles. The third-order valence-electron chi connectivity index (χ3n) is 6.13. The van der Waals surface area contributed by atoms with Gasteiger partial charge in [-0.3, -0.25) is 14.2 Å². The van der Waals surface area contributed by atoms with E-state index in [9.17, 15) is 9.59 Å². The monoisotopic (exact) mass is 496 g/mol. The Bertz CT molecular complexity index is 1140. The van der Waals surface area contributed by atoms with Crippen LogP contribution in [0.4, 0.5) is 0 Å². The minimum atomic E-state index is -0.0940. The fourth-order valence-corrected chi connectivity index (χ4v) is 5.42. The summed E-state index contributed by atoms with van der Waals surface area (Å²) < 4.78 is 1.90. The van der Waals surface area contributed by atoms with E-state index in [0.29, 0.717) is 40.5 Å². The molecule has 1 aliphatic rings. The third-order valence-corrected chi connectivity index (χ3v) is 7.29.